The van der Waals surface area contributed by atoms with Crippen molar-refractivity contribution >= 4 is 23.5 Å². The minimum Gasteiger partial charge on any atom is -0.507 e. The number of hydrogen-bond acceptors (Lipinski definition) is 6. The van der Waals surface area contributed by atoms with Gasteiger partial charge in [-0.3, -0.25) is 14.7 Å². The standard InChI is InChI=1S/C17H19FN2O4S/c1-24-17(23)10(5-6-25-2)7-16(22)14-9-13(19-20-14)12-8-11(18)3-4-15(12)21/h3-4,8-10,21H,5-7H2,1-2H3,(H,19,20). The van der Waals surface area contributed by atoms with E-state index in [-0.39, 0.29) is 34.9 Å². The van der Waals surface area contributed by atoms with Gasteiger partial charge >= 0.3 is 5.97 Å². The summed E-state index contributed by atoms with van der Waals surface area (Å²) in [6, 6.07) is 4.91. The number of H-pyrrole nitrogens is 1. The minimum absolute atomic E-state index is 0.00992. The Balaban J connectivity index is 2.16. The Morgan fingerprint density at radius 2 is 2.16 bits per heavy atom. The van der Waals surface area contributed by atoms with Crippen LogP contribution in [0.25, 0.3) is 11.3 Å². The number of rotatable bonds is 8. The van der Waals surface area contributed by atoms with Gasteiger partial charge in [0.1, 0.15) is 17.3 Å². The summed E-state index contributed by atoms with van der Waals surface area (Å²) in [5.41, 5.74) is 0.623. The Hall–Kier alpha value is -2.35. The summed E-state index contributed by atoms with van der Waals surface area (Å²) < 4.78 is 18.1. The summed E-state index contributed by atoms with van der Waals surface area (Å²) in [6.45, 7) is 0. The number of methoxy groups -OCH3 is 1. The fourth-order valence-corrected chi connectivity index (χ4v) is 2.90. The maximum atomic E-state index is 13.3. The Kier molecular flexibility index (Phi) is 6.58. The molecular weight excluding hydrogens is 347 g/mol. The number of carbonyl (C=O) groups is 2. The van der Waals surface area contributed by atoms with Gasteiger partial charge in [-0.2, -0.15) is 16.9 Å². The van der Waals surface area contributed by atoms with Crippen LogP contribution in [0.5, 0.6) is 5.75 Å². The number of phenolic OH excluding ortho intramolecular Hbond substituents is 1. The zero-order valence-electron chi connectivity index (χ0n) is 13.9. The number of nitrogens with zero attached hydrogens (tertiary/aromatic N) is 1. The van der Waals surface area contributed by atoms with Crippen molar-refractivity contribution in [1.29, 1.82) is 0 Å². The number of ketones is 1. The number of benzene rings is 1. The second kappa shape index (κ2) is 8.66. The second-order valence-corrected chi connectivity index (χ2v) is 6.44. The van der Waals surface area contributed by atoms with Crippen LogP contribution in [0.1, 0.15) is 23.3 Å². The van der Waals surface area contributed by atoms with Gasteiger partial charge in [-0.05, 0) is 42.7 Å². The van der Waals surface area contributed by atoms with Crippen LogP contribution in [0.2, 0.25) is 0 Å². The highest BCUT2D eigenvalue weighted by atomic mass is 32.2. The number of hydrogen-bond donors (Lipinski definition) is 2. The van der Waals surface area contributed by atoms with E-state index < -0.39 is 17.7 Å². The number of halogens is 1. The summed E-state index contributed by atoms with van der Waals surface area (Å²) in [5.74, 6) is -1.18. The monoisotopic (exact) mass is 366 g/mol. The van der Waals surface area contributed by atoms with Gasteiger partial charge in [-0.25, -0.2) is 4.39 Å². The molecule has 0 aliphatic rings. The zero-order valence-corrected chi connectivity index (χ0v) is 14.7. The van der Waals surface area contributed by atoms with Crippen LogP contribution in [0.4, 0.5) is 4.39 Å². The third-order valence-corrected chi connectivity index (χ3v) is 4.39. The lowest BCUT2D eigenvalue weighted by Crippen LogP contribution is -2.21. The lowest BCUT2D eigenvalue weighted by Gasteiger charge is -2.12. The molecule has 0 fully saturated rings. The minimum atomic E-state index is -0.528. The molecule has 2 N–H and O–H groups in total. The summed E-state index contributed by atoms with van der Waals surface area (Å²) in [6.07, 6.45) is 2.44. The van der Waals surface area contributed by atoms with Gasteiger partial charge in [0.15, 0.2) is 5.78 Å². The molecule has 0 aliphatic carbocycles. The molecule has 0 aliphatic heterocycles. The van der Waals surface area contributed by atoms with Crippen LogP contribution < -0.4 is 0 Å². The van der Waals surface area contributed by atoms with Crippen molar-refractivity contribution < 1.29 is 23.8 Å². The molecule has 0 radical (unpaired) electrons. The predicted molar refractivity (Wildman–Crippen MR) is 93.1 cm³/mol. The predicted octanol–water partition coefficient (Wildman–Crippen LogP) is 3.04. The third-order valence-electron chi connectivity index (χ3n) is 3.75. The van der Waals surface area contributed by atoms with Crippen LogP contribution in [0.3, 0.4) is 0 Å². The fourth-order valence-electron chi connectivity index (χ4n) is 2.38. The molecule has 0 saturated carbocycles. The Morgan fingerprint density at radius 3 is 2.84 bits per heavy atom. The normalized spacial score (nSPS) is 12.0. The topological polar surface area (TPSA) is 92.3 Å². The smallest absolute Gasteiger partial charge is 0.309 e. The average Bonchev–Trinajstić information content (AvgIpc) is 3.09. The molecule has 2 aromatic rings. The van der Waals surface area contributed by atoms with E-state index in [4.69, 9.17) is 4.74 Å². The molecule has 0 saturated heterocycles. The molecule has 134 valence electrons. The van der Waals surface area contributed by atoms with Crippen molar-refractivity contribution in [2.45, 2.75) is 12.8 Å². The molecular formula is C17H19FN2O4S. The second-order valence-electron chi connectivity index (χ2n) is 5.46. The number of aromatic amines is 1. The molecule has 1 heterocycles. The van der Waals surface area contributed by atoms with Gasteiger partial charge in [0.25, 0.3) is 0 Å². The van der Waals surface area contributed by atoms with Gasteiger partial charge < -0.3 is 9.84 Å². The quantitative estimate of drug-likeness (QED) is 0.551. The molecule has 1 aromatic heterocycles. The number of nitrogens with one attached hydrogen (secondary N) is 1. The molecule has 8 heteroatoms. The van der Waals surface area contributed by atoms with Crippen molar-refractivity contribution in [1.82, 2.24) is 10.2 Å². The van der Waals surface area contributed by atoms with Crippen LogP contribution in [-0.4, -0.2) is 46.2 Å². The van der Waals surface area contributed by atoms with E-state index in [2.05, 4.69) is 10.2 Å². The molecule has 25 heavy (non-hydrogen) atoms. The maximum absolute atomic E-state index is 13.3. The SMILES string of the molecule is COC(=O)C(CCSC)CC(=O)c1cc(-c2cc(F)ccc2O)n[nH]1. The van der Waals surface area contributed by atoms with E-state index in [1.807, 2.05) is 6.26 Å². The van der Waals surface area contributed by atoms with E-state index in [9.17, 15) is 19.1 Å². The first kappa shape index (κ1) is 19.0. The van der Waals surface area contributed by atoms with Crippen LogP contribution in [0, 0.1) is 11.7 Å². The first-order chi connectivity index (χ1) is 12.0. The number of esters is 1. The molecule has 1 unspecified atom stereocenters. The molecule has 0 spiro atoms. The molecule has 1 aromatic carbocycles. The Bertz CT molecular complexity index is 763. The number of ether oxygens (including phenoxy) is 1. The number of carbonyl (C=O) groups excluding carboxylic acids is 2. The van der Waals surface area contributed by atoms with E-state index in [1.54, 1.807) is 11.8 Å². The van der Waals surface area contributed by atoms with Crippen LogP contribution in [0.15, 0.2) is 24.3 Å². The summed E-state index contributed by atoms with van der Waals surface area (Å²) in [5, 5.41) is 16.3. The highest BCUT2D eigenvalue weighted by Crippen LogP contribution is 2.29. The van der Waals surface area contributed by atoms with Gasteiger partial charge in [-0.1, -0.05) is 0 Å². The highest BCUT2D eigenvalue weighted by molar-refractivity contribution is 7.98. The van der Waals surface area contributed by atoms with E-state index >= 15 is 0 Å². The van der Waals surface area contributed by atoms with Gasteiger partial charge in [0.05, 0.1) is 18.7 Å². The van der Waals surface area contributed by atoms with Crippen molar-refractivity contribution in [2.75, 3.05) is 19.1 Å². The van der Waals surface area contributed by atoms with Crippen molar-refractivity contribution in [3.05, 3.63) is 35.8 Å². The number of aromatic nitrogens is 2. The van der Waals surface area contributed by atoms with Gasteiger partial charge in [-0.15, -0.1) is 0 Å². The van der Waals surface area contributed by atoms with Crippen molar-refractivity contribution in [3.63, 3.8) is 0 Å². The van der Waals surface area contributed by atoms with Crippen molar-refractivity contribution in [3.8, 4) is 17.0 Å². The van der Waals surface area contributed by atoms with Crippen LogP contribution in [-0.2, 0) is 9.53 Å². The molecule has 0 amide bonds. The van der Waals surface area contributed by atoms with E-state index in [0.29, 0.717) is 6.42 Å². The van der Waals surface area contributed by atoms with Gasteiger partial charge in [0.2, 0.25) is 0 Å². The number of phenols is 1. The first-order valence-electron chi connectivity index (χ1n) is 7.60. The highest BCUT2D eigenvalue weighted by Gasteiger charge is 2.24. The van der Waals surface area contributed by atoms with E-state index in [1.165, 1.54) is 19.2 Å². The number of thioether (sulfide) groups is 1. The summed E-state index contributed by atoms with van der Waals surface area (Å²) in [7, 11) is 1.29. The van der Waals surface area contributed by atoms with Crippen molar-refractivity contribution in [2.24, 2.45) is 5.92 Å². The number of Topliss-reactive ketones (excluding diaryl/α,β-unsaturated/α-hetero) is 1. The molecule has 1 atom stereocenters. The Labute approximate surface area is 148 Å². The number of aromatic hydroxyl groups is 1. The van der Waals surface area contributed by atoms with Crippen LogP contribution >= 0.6 is 11.8 Å². The first-order valence-corrected chi connectivity index (χ1v) is 9.00. The third kappa shape index (κ3) is 4.82. The fraction of sp³-hybridized carbons (Fsp3) is 0.353. The lowest BCUT2D eigenvalue weighted by atomic mass is 9.98. The molecule has 6 nitrogen and oxygen atoms in total. The average molecular weight is 366 g/mol. The van der Waals surface area contributed by atoms with Gasteiger partial charge in [0, 0.05) is 12.0 Å². The molecule has 2 rings (SSSR count). The Morgan fingerprint density at radius 1 is 1.40 bits per heavy atom. The largest absolute Gasteiger partial charge is 0.507 e. The maximum Gasteiger partial charge on any atom is 0.309 e. The molecule has 0 bridgehead atoms. The summed E-state index contributed by atoms with van der Waals surface area (Å²) >= 11 is 1.58. The van der Waals surface area contributed by atoms with E-state index in [0.717, 1.165) is 17.9 Å². The zero-order chi connectivity index (χ0) is 18.4. The lowest BCUT2D eigenvalue weighted by molar-refractivity contribution is -0.145. The summed E-state index contributed by atoms with van der Waals surface area (Å²) in [4.78, 5) is 24.2.